The molecule has 1 heterocycles. The molecule has 0 aromatic carbocycles. The summed E-state index contributed by atoms with van der Waals surface area (Å²) in [5.74, 6) is 0.412. The maximum Gasteiger partial charge on any atom is 0.225 e. The van der Waals surface area contributed by atoms with Gasteiger partial charge in [-0.2, -0.15) is 0 Å². The third-order valence-corrected chi connectivity index (χ3v) is 3.69. The van der Waals surface area contributed by atoms with Crippen LogP contribution in [-0.4, -0.2) is 34.6 Å². The molecule has 0 aromatic rings. The van der Waals surface area contributed by atoms with Gasteiger partial charge in [0, 0.05) is 5.92 Å². The molecule has 1 fully saturated rings. The highest BCUT2D eigenvalue weighted by molar-refractivity contribution is 5.79. The summed E-state index contributed by atoms with van der Waals surface area (Å²) in [5, 5.41) is 9.87. The van der Waals surface area contributed by atoms with Crippen molar-refractivity contribution in [1.29, 1.82) is 0 Å². The first-order valence-corrected chi connectivity index (χ1v) is 6.57. The second kappa shape index (κ2) is 5.67. The lowest BCUT2D eigenvalue weighted by Crippen LogP contribution is -2.64. The van der Waals surface area contributed by atoms with Crippen LogP contribution in [0.1, 0.15) is 52.9 Å². The molecule has 0 aromatic heterocycles. The Morgan fingerprint density at radius 1 is 1.38 bits per heavy atom. The summed E-state index contributed by atoms with van der Waals surface area (Å²) in [5.41, 5.74) is -0.599. The molecule has 1 amide bonds. The summed E-state index contributed by atoms with van der Waals surface area (Å²) in [4.78, 5) is 13.9. The lowest BCUT2D eigenvalue weighted by molar-refractivity contribution is -0.160. The molecule has 1 aliphatic heterocycles. The second-order valence-electron chi connectivity index (χ2n) is 5.02. The summed E-state index contributed by atoms with van der Waals surface area (Å²) < 4.78 is 0. The monoisotopic (exact) mass is 227 g/mol. The highest BCUT2D eigenvalue weighted by Crippen LogP contribution is 2.27. The Kier molecular flexibility index (Phi) is 4.78. The van der Waals surface area contributed by atoms with Crippen LogP contribution in [0.3, 0.4) is 0 Å². The van der Waals surface area contributed by atoms with Gasteiger partial charge in [-0.25, -0.2) is 0 Å². The summed E-state index contributed by atoms with van der Waals surface area (Å²) in [7, 11) is 0. The minimum absolute atomic E-state index is 0.168. The van der Waals surface area contributed by atoms with E-state index >= 15 is 0 Å². The van der Waals surface area contributed by atoms with Gasteiger partial charge in [0.2, 0.25) is 5.91 Å². The van der Waals surface area contributed by atoms with Crippen LogP contribution in [0.25, 0.3) is 0 Å². The van der Waals surface area contributed by atoms with Gasteiger partial charge in [0.1, 0.15) is 0 Å². The lowest BCUT2D eigenvalue weighted by Gasteiger charge is -2.47. The fraction of sp³-hybridized carbons (Fsp3) is 0.923. The Morgan fingerprint density at radius 3 is 2.44 bits per heavy atom. The van der Waals surface area contributed by atoms with Gasteiger partial charge in [-0.3, -0.25) is 4.79 Å². The van der Waals surface area contributed by atoms with E-state index in [2.05, 4.69) is 13.8 Å². The van der Waals surface area contributed by atoms with E-state index in [-0.39, 0.29) is 11.8 Å². The normalized spacial score (nSPS) is 20.4. The first kappa shape index (κ1) is 13.5. The van der Waals surface area contributed by atoms with Crippen molar-refractivity contribution in [3.05, 3.63) is 0 Å². The molecule has 1 rings (SSSR count). The molecule has 0 saturated carbocycles. The van der Waals surface area contributed by atoms with Gasteiger partial charge in [0.25, 0.3) is 0 Å². The molecule has 1 saturated heterocycles. The number of β-amino-alcohol motifs (C(OH)–C–C–N with tert-alkyl or cyclic N) is 1. The number of amides is 1. The number of hydrogen-bond donors (Lipinski definition) is 1. The minimum Gasteiger partial charge on any atom is -0.386 e. The number of likely N-dealkylation sites (tertiary alicyclic amines) is 1. The molecule has 1 atom stereocenters. The molecule has 16 heavy (non-hydrogen) atoms. The molecule has 1 N–H and O–H groups in total. The average molecular weight is 227 g/mol. The average Bonchev–Trinajstić information content (AvgIpc) is 2.25. The van der Waals surface area contributed by atoms with Crippen molar-refractivity contribution in [1.82, 2.24) is 4.90 Å². The Labute approximate surface area is 98.8 Å². The van der Waals surface area contributed by atoms with Crippen LogP contribution in [0.2, 0.25) is 0 Å². The molecule has 3 heteroatoms. The summed E-state index contributed by atoms with van der Waals surface area (Å²) >= 11 is 0. The van der Waals surface area contributed by atoms with Crippen molar-refractivity contribution in [3.8, 4) is 0 Å². The quantitative estimate of drug-likeness (QED) is 0.755. The van der Waals surface area contributed by atoms with Crippen molar-refractivity contribution < 1.29 is 9.90 Å². The van der Waals surface area contributed by atoms with E-state index in [0.29, 0.717) is 13.1 Å². The number of carbonyl (C=O) groups is 1. The SMILES string of the molecule is CCCCC(CC)C(=O)N1CC(O)(CC)C1. The van der Waals surface area contributed by atoms with Crippen LogP contribution in [0.15, 0.2) is 0 Å². The molecule has 0 spiro atoms. The van der Waals surface area contributed by atoms with E-state index in [4.69, 9.17) is 0 Å². The van der Waals surface area contributed by atoms with E-state index in [9.17, 15) is 9.90 Å². The molecule has 0 bridgehead atoms. The predicted octanol–water partition coefficient (Wildman–Crippen LogP) is 2.19. The molecule has 1 unspecified atom stereocenters. The zero-order valence-electron chi connectivity index (χ0n) is 10.8. The van der Waals surface area contributed by atoms with Gasteiger partial charge in [-0.05, 0) is 19.3 Å². The van der Waals surface area contributed by atoms with Crippen molar-refractivity contribution in [2.75, 3.05) is 13.1 Å². The highest BCUT2D eigenvalue weighted by atomic mass is 16.3. The zero-order valence-corrected chi connectivity index (χ0v) is 10.8. The third kappa shape index (κ3) is 2.97. The van der Waals surface area contributed by atoms with Crippen molar-refractivity contribution in [3.63, 3.8) is 0 Å². The van der Waals surface area contributed by atoms with Gasteiger partial charge < -0.3 is 10.0 Å². The molecule has 1 aliphatic rings. The number of unbranched alkanes of at least 4 members (excludes halogenated alkanes) is 1. The molecule has 3 nitrogen and oxygen atoms in total. The second-order valence-corrected chi connectivity index (χ2v) is 5.02. The van der Waals surface area contributed by atoms with Crippen LogP contribution in [0, 0.1) is 5.92 Å². The first-order valence-electron chi connectivity index (χ1n) is 6.57. The topological polar surface area (TPSA) is 40.5 Å². The van der Waals surface area contributed by atoms with E-state index in [1.807, 2.05) is 11.8 Å². The van der Waals surface area contributed by atoms with Gasteiger partial charge >= 0.3 is 0 Å². The van der Waals surface area contributed by atoms with Crippen LogP contribution < -0.4 is 0 Å². The standard InChI is InChI=1S/C13H25NO2/c1-4-7-8-11(5-2)12(15)14-9-13(16,6-3)10-14/h11,16H,4-10H2,1-3H3. The van der Waals surface area contributed by atoms with Crippen molar-refractivity contribution in [2.45, 2.75) is 58.5 Å². The van der Waals surface area contributed by atoms with E-state index in [1.165, 1.54) is 0 Å². The van der Waals surface area contributed by atoms with Gasteiger partial charge in [0.05, 0.1) is 18.7 Å². The van der Waals surface area contributed by atoms with Gasteiger partial charge in [0.15, 0.2) is 0 Å². The third-order valence-electron chi connectivity index (χ3n) is 3.69. The van der Waals surface area contributed by atoms with Crippen LogP contribution in [0.4, 0.5) is 0 Å². The summed E-state index contributed by atoms with van der Waals surface area (Å²) in [6.07, 6.45) is 4.91. The maximum absolute atomic E-state index is 12.1. The van der Waals surface area contributed by atoms with Gasteiger partial charge in [-0.15, -0.1) is 0 Å². The summed E-state index contributed by atoms with van der Waals surface area (Å²) in [6.45, 7) is 7.26. The number of rotatable bonds is 6. The largest absolute Gasteiger partial charge is 0.386 e. The fourth-order valence-electron chi connectivity index (χ4n) is 2.25. The molecular formula is C13H25NO2. The number of nitrogens with zero attached hydrogens (tertiary/aromatic N) is 1. The molecule has 0 radical (unpaired) electrons. The Morgan fingerprint density at radius 2 is 2.00 bits per heavy atom. The molecule has 94 valence electrons. The number of aliphatic hydroxyl groups is 1. The Bertz CT molecular complexity index is 234. The maximum atomic E-state index is 12.1. The minimum atomic E-state index is -0.599. The smallest absolute Gasteiger partial charge is 0.225 e. The highest BCUT2D eigenvalue weighted by Gasteiger charge is 2.43. The molecule has 0 aliphatic carbocycles. The van der Waals surface area contributed by atoms with Crippen LogP contribution >= 0.6 is 0 Å². The zero-order chi connectivity index (χ0) is 12.2. The predicted molar refractivity (Wildman–Crippen MR) is 65.1 cm³/mol. The fourth-order valence-corrected chi connectivity index (χ4v) is 2.25. The van der Waals surface area contributed by atoms with Crippen molar-refractivity contribution >= 4 is 5.91 Å². The Hall–Kier alpha value is -0.570. The van der Waals surface area contributed by atoms with Crippen molar-refractivity contribution in [2.24, 2.45) is 5.92 Å². The number of carbonyl (C=O) groups excluding carboxylic acids is 1. The van der Waals surface area contributed by atoms with Crippen LogP contribution in [-0.2, 0) is 4.79 Å². The first-order chi connectivity index (χ1) is 7.56. The summed E-state index contributed by atoms with van der Waals surface area (Å²) in [6, 6.07) is 0. The van der Waals surface area contributed by atoms with E-state index in [0.717, 1.165) is 32.1 Å². The number of hydrogen-bond acceptors (Lipinski definition) is 2. The van der Waals surface area contributed by atoms with E-state index < -0.39 is 5.60 Å². The lowest BCUT2D eigenvalue weighted by atomic mass is 9.88. The molecular weight excluding hydrogens is 202 g/mol. The Balaban J connectivity index is 2.39. The van der Waals surface area contributed by atoms with E-state index in [1.54, 1.807) is 0 Å². The van der Waals surface area contributed by atoms with Crippen LogP contribution in [0.5, 0.6) is 0 Å². The van der Waals surface area contributed by atoms with Gasteiger partial charge in [-0.1, -0.05) is 33.6 Å².